The Bertz CT molecular complexity index is 480. The highest BCUT2D eigenvalue weighted by Gasteiger charge is 2.35. The molecule has 1 N–H and O–H groups in total. The molecular weight excluding hydrogens is 249 g/mol. The van der Waals surface area contributed by atoms with E-state index < -0.39 is 11.2 Å². The van der Waals surface area contributed by atoms with E-state index in [0.717, 1.165) is 18.4 Å². The molecule has 20 heavy (non-hydrogen) atoms. The Labute approximate surface area is 123 Å². The molecule has 109 valence electrons. The predicted molar refractivity (Wildman–Crippen MR) is 84.9 cm³/mol. The first-order valence-electron chi connectivity index (χ1n) is 7.28. The van der Waals surface area contributed by atoms with Gasteiger partial charge in [-0.05, 0) is 52.2 Å². The van der Waals surface area contributed by atoms with Crippen LogP contribution in [0.15, 0.2) is 18.2 Å². The maximum Gasteiger partial charge on any atom is 0.330 e. The minimum absolute atomic E-state index is 0.625. The second-order valence-electron chi connectivity index (χ2n) is 6.72. The monoisotopic (exact) mass is 274 g/mol. The van der Waals surface area contributed by atoms with E-state index in [0.29, 0.717) is 0 Å². The summed E-state index contributed by atoms with van der Waals surface area (Å²) in [5, 5.41) is 10.1. The van der Waals surface area contributed by atoms with Crippen molar-refractivity contribution in [1.82, 2.24) is 0 Å². The van der Waals surface area contributed by atoms with Crippen molar-refractivity contribution < 1.29 is 9.76 Å². The normalized spacial score (nSPS) is 16.0. The van der Waals surface area contributed by atoms with Gasteiger partial charge in [0.25, 0.3) is 0 Å². The number of benzene rings is 1. The van der Waals surface area contributed by atoms with E-state index in [4.69, 9.17) is 4.65 Å². The number of aliphatic hydroxyl groups is 1. The maximum atomic E-state index is 10.1. The summed E-state index contributed by atoms with van der Waals surface area (Å²) in [5.74, 6) is 0. The molecule has 1 aromatic rings. The van der Waals surface area contributed by atoms with E-state index in [2.05, 4.69) is 30.1 Å². The topological polar surface area (TPSA) is 32.7 Å². The molecule has 0 aliphatic carbocycles. The molecule has 2 rings (SSSR count). The first-order valence-corrected chi connectivity index (χ1v) is 7.28. The van der Waals surface area contributed by atoms with Crippen LogP contribution in [0.3, 0.4) is 0 Å². The van der Waals surface area contributed by atoms with Gasteiger partial charge in [-0.25, -0.2) is 0 Å². The predicted octanol–water partition coefficient (Wildman–Crippen LogP) is 1.88. The van der Waals surface area contributed by atoms with E-state index in [-0.39, 0.29) is 0 Å². The largest absolute Gasteiger partial charge is 0.427 e. The van der Waals surface area contributed by atoms with Gasteiger partial charge in [-0.2, -0.15) is 0 Å². The SMILES string of the molecule is CN1CCCc2cc([B]OC(C)(C)C(C)(C)O)ccc21. The maximum absolute atomic E-state index is 10.1. The highest BCUT2D eigenvalue weighted by Crippen LogP contribution is 2.26. The van der Waals surface area contributed by atoms with Crippen LogP contribution in [0, 0.1) is 0 Å². The van der Waals surface area contributed by atoms with Crippen molar-refractivity contribution in [3.63, 3.8) is 0 Å². The number of hydrogen-bond donors (Lipinski definition) is 1. The van der Waals surface area contributed by atoms with Crippen LogP contribution in [0.2, 0.25) is 0 Å². The first kappa shape index (κ1) is 15.4. The Hall–Kier alpha value is -0.995. The second-order valence-corrected chi connectivity index (χ2v) is 6.72. The van der Waals surface area contributed by atoms with Crippen LogP contribution in [0.1, 0.15) is 39.7 Å². The molecule has 0 atom stereocenters. The molecule has 1 aromatic carbocycles. The summed E-state index contributed by atoms with van der Waals surface area (Å²) >= 11 is 0. The van der Waals surface area contributed by atoms with Gasteiger partial charge in [0.15, 0.2) is 0 Å². The summed E-state index contributed by atoms with van der Waals surface area (Å²) < 4.78 is 5.81. The van der Waals surface area contributed by atoms with Crippen molar-refractivity contribution >= 4 is 18.6 Å². The number of fused-ring (bicyclic) bond motifs is 1. The Morgan fingerprint density at radius 3 is 2.60 bits per heavy atom. The second kappa shape index (κ2) is 5.42. The minimum atomic E-state index is -0.891. The lowest BCUT2D eigenvalue weighted by molar-refractivity contribution is -0.0893. The molecule has 1 aliphatic rings. The fourth-order valence-electron chi connectivity index (χ4n) is 2.24. The number of rotatable bonds is 4. The molecule has 4 heteroatoms. The van der Waals surface area contributed by atoms with Crippen LogP contribution in [0.4, 0.5) is 5.69 Å². The lowest BCUT2D eigenvalue weighted by Crippen LogP contribution is -2.49. The Morgan fingerprint density at radius 1 is 1.25 bits per heavy atom. The zero-order chi connectivity index (χ0) is 15.0. The summed E-state index contributed by atoms with van der Waals surface area (Å²) in [6.45, 7) is 8.45. The molecule has 3 nitrogen and oxygen atoms in total. The smallest absolute Gasteiger partial charge is 0.330 e. The van der Waals surface area contributed by atoms with Crippen LogP contribution >= 0.6 is 0 Å². The van der Waals surface area contributed by atoms with Crippen LogP contribution in [0.5, 0.6) is 0 Å². The number of nitrogens with zero attached hydrogens (tertiary/aromatic N) is 1. The van der Waals surface area contributed by atoms with E-state index >= 15 is 0 Å². The fourth-order valence-corrected chi connectivity index (χ4v) is 2.24. The Kier molecular flexibility index (Phi) is 4.17. The molecule has 0 unspecified atom stereocenters. The molecule has 0 saturated carbocycles. The van der Waals surface area contributed by atoms with Crippen molar-refractivity contribution in [2.24, 2.45) is 0 Å². The highest BCUT2D eigenvalue weighted by atomic mass is 16.5. The van der Waals surface area contributed by atoms with Gasteiger partial charge in [0.2, 0.25) is 0 Å². The molecule has 0 spiro atoms. The third-order valence-corrected chi connectivity index (χ3v) is 4.42. The Morgan fingerprint density at radius 2 is 1.95 bits per heavy atom. The first-order chi connectivity index (χ1) is 9.21. The average molecular weight is 274 g/mol. The minimum Gasteiger partial charge on any atom is -0.427 e. The molecule has 1 heterocycles. The van der Waals surface area contributed by atoms with Gasteiger partial charge < -0.3 is 14.7 Å². The third-order valence-electron chi connectivity index (χ3n) is 4.42. The lowest BCUT2D eigenvalue weighted by atomic mass is 9.81. The summed E-state index contributed by atoms with van der Waals surface area (Å²) in [6.07, 6.45) is 2.32. The van der Waals surface area contributed by atoms with Gasteiger partial charge in [-0.3, -0.25) is 0 Å². The standard InChI is InChI=1S/C16H25BNO2/c1-15(2,19)16(3,4)20-17-13-8-9-14-12(11-13)7-6-10-18(14)5/h8-9,11,19H,6-7,10H2,1-5H3. The summed E-state index contributed by atoms with van der Waals surface area (Å²) in [6, 6.07) is 6.41. The van der Waals surface area contributed by atoms with Crippen LogP contribution in [-0.2, 0) is 11.1 Å². The van der Waals surface area contributed by atoms with E-state index in [1.165, 1.54) is 17.7 Å². The zero-order valence-corrected chi connectivity index (χ0v) is 13.2. The van der Waals surface area contributed by atoms with Gasteiger partial charge in [-0.15, -0.1) is 0 Å². The zero-order valence-electron chi connectivity index (χ0n) is 13.2. The summed E-state index contributed by atoms with van der Waals surface area (Å²) in [5.41, 5.74) is 2.22. The van der Waals surface area contributed by atoms with Crippen LogP contribution in [0.25, 0.3) is 0 Å². The molecular formula is C16H25BNO2. The van der Waals surface area contributed by atoms with Gasteiger partial charge in [-0.1, -0.05) is 17.6 Å². The molecule has 0 fully saturated rings. The Balaban J connectivity index is 2.08. The van der Waals surface area contributed by atoms with Crippen LogP contribution in [-0.4, -0.2) is 37.4 Å². The van der Waals surface area contributed by atoms with Crippen molar-refractivity contribution in [2.75, 3.05) is 18.5 Å². The third kappa shape index (κ3) is 3.18. The molecule has 0 amide bonds. The molecule has 0 saturated heterocycles. The van der Waals surface area contributed by atoms with E-state index in [1.54, 1.807) is 21.3 Å². The van der Waals surface area contributed by atoms with Crippen molar-refractivity contribution in [3.8, 4) is 0 Å². The molecule has 1 radical (unpaired) electrons. The highest BCUT2D eigenvalue weighted by molar-refractivity contribution is 6.47. The van der Waals surface area contributed by atoms with Gasteiger partial charge >= 0.3 is 7.48 Å². The summed E-state index contributed by atoms with van der Waals surface area (Å²) in [7, 11) is 3.89. The quantitative estimate of drug-likeness (QED) is 0.851. The van der Waals surface area contributed by atoms with Crippen molar-refractivity contribution in [2.45, 2.75) is 51.7 Å². The van der Waals surface area contributed by atoms with Gasteiger partial charge in [0, 0.05) is 19.3 Å². The van der Waals surface area contributed by atoms with E-state index in [9.17, 15) is 5.11 Å². The molecule has 0 aromatic heterocycles. The van der Waals surface area contributed by atoms with Crippen LogP contribution < -0.4 is 10.4 Å². The number of hydrogen-bond acceptors (Lipinski definition) is 3. The molecule has 1 aliphatic heterocycles. The lowest BCUT2D eigenvalue weighted by Gasteiger charge is -2.37. The fraction of sp³-hybridized carbons (Fsp3) is 0.625. The van der Waals surface area contributed by atoms with E-state index in [1.807, 2.05) is 13.8 Å². The van der Waals surface area contributed by atoms with Gasteiger partial charge in [0.1, 0.15) is 0 Å². The number of anilines is 1. The average Bonchev–Trinajstić information content (AvgIpc) is 2.35. The van der Waals surface area contributed by atoms with Gasteiger partial charge in [0.05, 0.1) is 11.2 Å². The van der Waals surface area contributed by atoms with Crippen molar-refractivity contribution in [3.05, 3.63) is 23.8 Å². The number of aryl methyl sites for hydroxylation is 1. The van der Waals surface area contributed by atoms with Crippen molar-refractivity contribution in [1.29, 1.82) is 0 Å². The molecule has 0 bridgehead atoms. The summed E-state index contributed by atoms with van der Waals surface area (Å²) in [4.78, 5) is 2.30.